The summed E-state index contributed by atoms with van der Waals surface area (Å²) >= 11 is 0. The van der Waals surface area contributed by atoms with Crippen molar-refractivity contribution in [1.29, 1.82) is 0 Å². The molecular weight excluding hydrogens is 238 g/mol. The molecule has 0 aromatic carbocycles. The van der Waals surface area contributed by atoms with E-state index in [9.17, 15) is 8.42 Å². The van der Waals surface area contributed by atoms with Crippen molar-refractivity contribution < 1.29 is 8.42 Å². The maximum absolute atomic E-state index is 11.0. The molecule has 0 fully saturated rings. The number of hydrogen-bond acceptors (Lipinski definition) is 3. The van der Waals surface area contributed by atoms with Crippen molar-refractivity contribution in [3.05, 3.63) is 0 Å². The van der Waals surface area contributed by atoms with Gasteiger partial charge in [-0.3, -0.25) is 4.99 Å². The van der Waals surface area contributed by atoms with Gasteiger partial charge in [0.15, 0.2) is 5.96 Å². The summed E-state index contributed by atoms with van der Waals surface area (Å²) < 4.78 is 21.9. The second kappa shape index (κ2) is 8.33. The van der Waals surface area contributed by atoms with E-state index < -0.39 is 9.84 Å². The summed E-state index contributed by atoms with van der Waals surface area (Å²) in [5.74, 6) is 1.42. The largest absolute Gasteiger partial charge is 0.356 e. The van der Waals surface area contributed by atoms with Gasteiger partial charge in [0.25, 0.3) is 0 Å². The Kier molecular flexibility index (Phi) is 7.95. The summed E-state index contributed by atoms with van der Waals surface area (Å²) in [6.45, 7) is 5.58. The first-order valence-corrected chi connectivity index (χ1v) is 8.11. The van der Waals surface area contributed by atoms with E-state index >= 15 is 0 Å². The molecule has 0 heterocycles. The molecule has 0 aromatic rings. The monoisotopic (exact) mass is 263 g/mol. The Bertz CT molecular complexity index is 322. The predicted molar refractivity (Wildman–Crippen MR) is 73.1 cm³/mol. The molecule has 0 amide bonds. The molecule has 0 aliphatic heterocycles. The number of aliphatic imine (C=N–C) groups is 1. The molecule has 0 spiro atoms. The molecule has 0 atom stereocenters. The average Bonchev–Trinajstić information content (AvgIpc) is 2.26. The average molecular weight is 263 g/mol. The van der Waals surface area contributed by atoms with E-state index in [0.29, 0.717) is 18.4 Å². The lowest BCUT2D eigenvalue weighted by atomic mass is 10.0. The van der Waals surface area contributed by atoms with Gasteiger partial charge in [-0.2, -0.15) is 0 Å². The summed E-state index contributed by atoms with van der Waals surface area (Å²) in [6.07, 6.45) is 3.49. The Morgan fingerprint density at radius 3 is 2.24 bits per heavy atom. The van der Waals surface area contributed by atoms with E-state index in [0.717, 1.165) is 19.4 Å². The fraction of sp³-hybridized carbons (Fsp3) is 0.909. The Hall–Kier alpha value is -0.780. The molecule has 6 heteroatoms. The van der Waals surface area contributed by atoms with Crippen LogP contribution in [0.4, 0.5) is 0 Å². The van der Waals surface area contributed by atoms with Crippen LogP contribution in [0.2, 0.25) is 0 Å². The Morgan fingerprint density at radius 1 is 1.24 bits per heavy atom. The van der Waals surface area contributed by atoms with Gasteiger partial charge in [0, 0.05) is 26.4 Å². The molecule has 0 bridgehead atoms. The number of nitrogens with zero attached hydrogens (tertiary/aromatic N) is 1. The number of rotatable bonds is 7. The predicted octanol–water partition coefficient (Wildman–Crippen LogP) is 0.632. The van der Waals surface area contributed by atoms with Crippen LogP contribution in [0.5, 0.6) is 0 Å². The van der Waals surface area contributed by atoms with Crippen molar-refractivity contribution in [1.82, 2.24) is 10.6 Å². The van der Waals surface area contributed by atoms with Crippen LogP contribution in [-0.2, 0) is 9.84 Å². The topological polar surface area (TPSA) is 70.6 Å². The Labute approximate surface area is 105 Å². The second-order valence-electron chi connectivity index (χ2n) is 4.19. The zero-order valence-corrected chi connectivity index (χ0v) is 12.1. The first kappa shape index (κ1) is 16.2. The van der Waals surface area contributed by atoms with E-state index in [1.165, 1.54) is 6.26 Å². The van der Waals surface area contributed by atoms with Gasteiger partial charge in [-0.05, 0) is 5.92 Å². The van der Waals surface area contributed by atoms with Crippen LogP contribution in [-0.4, -0.2) is 46.5 Å². The molecule has 0 aliphatic carbocycles. The fourth-order valence-electron chi connectivity index (χ4n) is 1.39. The van der Waals surface area contributed by atoms with Gasteiger partial charge in [-0.1, -0.05) is 26.7 Å². The lowest BCUT2D eigenvalue weighted by Crippen LogP contribution is -2.41. The van der Waals surface area contributed by atoms with E-state index in [1.54, 1.807) is 7.05 Å². The molecule has 102 valence electrons. The Morgan fingerprint density at radius 2 is 1.82 bits per heavy atom. The third kappa shape index (κ3) is 8.97. The highest BCUT2D eigenvalue weighted by atomic mass is 32.2. The number of hydrogen-bond donors (Lipinski definition) is 2. The third-order valence-corrected chi connectivity index (χ3v) is 3.65. The molecule has 0 aromatic heterocycles. The standard InChI is InChI=1S/C11H25N3O2S/c1-5-10(6-2)9-14-11(12-3)13-7-8-17(4,15)16/h10H,5-9H2,1-4H3,(H2,12,13,14). The molecule has 0 radical (unpaired) electrons. The van der Waals surface area contributed by atoms with E-state index in [2.05, 4.69) is 29.5 Å². The van der Waals surface area contributed by atoms with E-state index in [1.807, 2.05) is 0 Å². The van der Waals surface area contributed by atoms with Crippen molar-refractivity contribution in [3.8, 4) is 0 Å². The van der Waals surface area contributed by atoms with Crippen molar-refractivity contribution in [2.75, 3.05) is 32.1 Å². The van der Waals surface area contributed by atoms with Crippen molar-refractivity contribution in [2.24, 2.45) is 10.9 Å². The smallest absolute Gasteiger partial charge is 0.191 e. The van der Waals surface area contributed by atoms with Crippen molar-refractivity contribution in [2.45, 2.75) is 26.7 Å². The van der Waals surface area contributed by atoms with Gasteiger partial charge in [0.05, 0.1) is 5.75 Å². The Balaban J connectivity index is 3.94. The van der Waals surface area contributed by atoms with Gasteiger partial charge < -0.3 is 10.6 Å². The van der Waals surface area contributed by atoms with Gasteiger partial charge in [0.1, 0.15) is 9.84 Å². The first-order chi connectivity index (χ1) is 7.92. The molecule has 2 N–H and O–H groups in total. The quantitative estimate of drug-likeness (QED) is 0.522. The highest BCUT2D eigenvalue weighted by molar-refractivity contribution is 7.90. The maximum Gasteiger partial charge on any atom is 0.191 e. The lowest BCUT2D eigenvalue weighted by molar-refractivity contribution is 0.481. The molecule has 0 unspecified atom stereocenters. The first-order valence-electron chi connectivity index (χ1n) is 6.05. The molecular formula is C11H25N3O2S. The zero-order valence-electron chi connectivity index (χ0n) is 11.3. The second-order valence-corrected chi connectivity index (χ2v) is 6.45. The zero-order chi connectivity index (χ0) is 13.3. The van der Waals surface area contributed by atoms with Crippen LogP contribution in [0.3, 0.4) is 0 Å². The summed E-state index contributed by atoms with van der Waals surface area (Å²) in [7, 11) is -1.23. The number of nitrogens with one attached hydrogen (secondary N) is 2. The molecule has 17 heavy (non-hydrogen) atoms. The summed E-state index contributed by atoms with van der Waals surface area (Å²) in [4.78, 5) is 4.05. The van der Waals surface area contributed by atoms with Crippen LogP contribution in [0.25, 0.3) is 0 Å². The SMILES string of the molecule is CCC(CC)CNC(=NC)NCCS(C)(=O)=O. The molecule has 0 saturated carbocycles. The highest BCUT2D eigenvalue weighted by Gasteiger charge is 2.06. The fourth-order valence-corrected chi connectivity index (χ4v) is 1.87. The summed E-state index contributed by atoms with van der Waals surface area (Å²) in [5, 5.41) is 6.19. The van der Waals surface area contributed by atoms with Crippen LogP contribution >= 0.6 is 0 Å². The molecule has 0 saturated heterocycles. The van der Waals surface area contributed by atoms with Crippen LogP contribution in [0.1, 0.15) is 26.7 Å². The van der Waals surface area contributed by atoms with Crippen LogP contribution in [0, 0.1) is 5.92 Å². The van der Waals surface area contributed by atoms with Crippen LogP contribution in [0.15, 0.2) is 4.99 Å². The van der Waals surface area contributed by atoms with Gasteiger partial charge in [-0.15, -0.1) is 0 Å². The number of sulfone groups is 1. The van der Waals surface area contributed by atoms with E-state index in [4.69, 9.17) is 0 Å². The minimum atomic E-state index is -2.91. The van der Waals surface area contributed by atoms with Gasteiger partial charge in [0.2, 0.25) is 0 Å². The van der Waals surface area contributed by atoms with Gasteiger partial charge >= 0.3 is 0 Å². The minimum Gasteiger partial charge on any atom is -0.356 e. The van der Waals surface area contributed by atoms with Gasteiger partial charge in [-0.25, -0.2) is 8.42 Å². The van der Waals surface area contributed by atoms with Crippen LogP contribution < -0.4 is 10.6 Å². The summed E-state index contributed by atoms with van der Waals surface area (Å²) in [5.41, 5.74) is 0. The van der Waals surface area contributed by atoms with Crippen molar-refractivity contribution in [3.63, 3.8) is 0 Å². The maximum atomic E-state index is 11.0. The normalized spacial score (nSPS) is 12.9. The minimum absolute atomic E-state index is 0.124. The molecule has 0 aliphatic rings. The highest BCUT2D eigenvalue weighted by Crippen LogP contribution is 2.04. The third-order valence-electron chi connectivity index (χ3n) is 2.70. The summed E-state index contributed by atoms with van der Waals surface area (Å²) in [6, 6.07) is 0. The number of guanidine groups is 1. The lowest BCUT2D eigenvalue weighted by Gasteiger charge is -2.16. The molecule has 0 rings (SSSR count). The van der Waals surface area contributed by atoms with E-state index in [-0.39, 0.29) is 5.75 Å². The van der Waals surface area contributed by atoms with Crippen molar-refractivity contribution >= 4 is 15.8 Å². The molecule has 5 nitrogen and oxygen atoms in total.